The molecule has 1 aromatic carbocycles. The number of Topliss-reactive ketones (excluding diaryl/α,β-unsaturated/α-hetero) is 1. The minimum atomic E-state index is -0.130. The Morgan fingerprint density at radius 3 is 2.93 bits per heavy atom. The molecule has 8 heteroatoms. The smallest absolute Gasteiger partial charge is 0.182 e. The predicted molar refractivity (Wildman–Crippen MR) is 112 cm³/mol. The molecule has 4 aromatic rings. The number of anilines is 3. The van der Waals surface area contributed by atoms with E-state index in [2.05, 4.69) is 49.5 Å². The summed E-state index contributed by atoms with van der Waals surface area (Å²) in [5, 5.41) is 22.3. The highest BCUT2D eigenvalue weighted by Gasteiger charge is 2.13. The van der Waals surface area contributed by atoms with E-state index in [0.29, 0.717) is 23.7 Å². The standard InChI is InChI=1S/C20H20N6OS/c1-3-26-12-16(11-22-26)23-18-9-17(19(13(2)27)25-24-18)21-10-15-6-4-5-14-7-8-28-20(14)15/h4-9,11-12H,3,10H2,1-2H3,(H2,21,23,24). The third kappa shape index (κ3) is 3.72. The third-order valence-corrected chi connectivity index (χ3v) is 5.39. The van der Waals surface area contributed by atoms with Crippen molar-refractivity contribution in [3.63, 3.8) is 0 Å². The quantitative estimate of drug-likeness (QED) is 0.452. The summed E-state index contributed by atoms with van der Waals surface area (Å²) in [5.41, 5.74) is 2.98. The Labute approximate surface area is 166 Å². The van der Waals surface area contributed by atoms with E-state index in [-0.39, 0.29) is 5.78 Å². The van der Waals surface area contributed by atoms with Gasteiger partial charge in [0.25, 0.3) is 0 Å². The molecule has 0 spiro atoms. The molecule has 4 rings (SSSR count). The first-order valence-electron chi connectivity index (χ1n) is 9.01. The van der Waals surface area contributed by atoms with E-state index in [9.17, 15) is 4.79 Å². The molecule has 0 radical (unpaired) electrons. The van der Waals surface area contributed by atoms with Crippen molar-refractivity contribution in [2.45, 2.75) is 26.9 Å². The maximum absolute atomic E-state index is 12.0. The van der Waals surface area contributed by atoms with Gasteiger partial charge >= 0.3 is 0 Å². The van der Waals surface area contributed by atoms with Crippen molar-refractivity contribution in [2.75, 3.05) is 10.6 Å². The summed E-state index contributed by atoms with van der Waals surface area (Å²) in [4.78, 5) is 12.0. The van der Waals surface area contributed by atoms with Crippen LogP contribution < -0.4 is 10.6 Å². The number of nitrogens with one attached hydrogen (secondary N) is 2. The molecular formula is C20H20N6OS. The van der Waals surface area contributed by atoms with E-state index in [1.807, 2.05) is 29.9 Å². The van der Waals surface area contributed by atoms with Crippen LogP contribution in [0, 0.1) is 0 Å². The molecule has 28 heavy (non-hydrogen) atoms. The molecule has 0 aliphatic carbocycles. The number of fused-ring (bicyclic) bond motifs is 1. The van der Waals surface area contributed by atoms with Crippen LogP contribution in [0.5, 0.6) is 0 Å². The zero-order chi connectivity index (χ0) is 19.5. The molecule has 3 aromatic heterocycles. The molecule has 142 valence electrons. The maximum Gasteiger partial charge on any atom is 0.182 e. The van der Waals surface area contributed by atoms with Crippen molar-refractivity contribution in [3.8, 4) is 0 Å². The number of nitrogens with zero attached hydrogens (tertiary/aromatic N) is 4. The van der Waals surface area contributed by atoms with E-state index in [1.54, 1.807) is 17.5 Å². The number of carbonyl (C=O) groups excluding carboxylic acids is 1. The molecule has 0 fully saturated rings. The van der Waals surface area contributed by atoms with Gasteiger partial charge in [0.05, 0.1) is 17.6 Å². The number of thiophene rings is 1. The number of carbonyl (C=O) groups is 1. The number of rotatable bonds is 7. The molecule has 0 bridgehead atoms. The summed E-state index contributed by atoms with van der Waals surface area (Å²) in [5.74, 6) is 0.423. The summed E-state index contributed by atoms with van der Waals surface area (Å²) in [6.45, 7) is 4.90. The molecule has 0 saturated carbocycles. The van der Waals surface area contributed by atoms with Crippen LogP contribution in [0.3, 0.4) is 0 Å². The number of ketones is 1. The van der Waals surface area contributed by atoms with Crippen molar-refractivity contribution in [1.29, 1.82) is 0 Å². The number of hydrogen-bond donors (Lipinski definition) is 2. The van der Waals surface area contributed by atoms with Crippen LogP contribution in [0.15, 0.2) is 48.1 Å². The minimum absolute atomic E-state index is 0.130. The topological polar surface area (TPSA) is 84.7 Å². The van der Waals surface area contributed by atoms with Gasteiger partial charge in [-0.05, 0) is 29.3 Å². The Hall–Kier alpha value is -3.26. The fraction of sp³-hybridized carbons (Fsp3) is 0.200. The lowest BCUT2D eigenvalue weighted by atomic mass is 10.1. The van der Waals surface area contributed by atoms with Gasteiger partial charge in [0, 0.05) is 37.0 Å². The number of hydrogen-bond acceptors (Lipinski definition) is 7. The second-order valence-electron chi connectivity index (χ2n) is 6.37. The van der Waals surface area contributed by atoms with Gasteiger partial charge in [-0.2, -0.15) is 5.10 Å². The summed E-state index contributed by atoms with van der Waals surface area (Å²) in [7, 11) is 0. The molecule has 0 unspecified atom stereocenters. The van der Waals surface area contributed by atoms with Crippen molar-refractivity contribution < 1.29 is 4.79 Å². The minimum Gasteiger partial charge on any atom is -0.379 e. The molecule has 3 heterocycles. The van der Waals surface area contributed by atoms with E-state index < -0.39 is 0 Å². The van der Waals surface area contributed by atoms with Crippen LogP contribution in [0.1, 0.15) is 29.9 Å². The zero-order valence-corrected chi connectivity index (χ0v) is 16.5. The van der Waals surface area contributed by atoms with E-state index >= 15 is 0 Å². The summed E-state index contributed by atoms with van der Waals surface area (Å²) in [6, 6.07) is 10.1. The highest BCUT2D eigenvalue weighted by molar-refractivity contribution is 7.17. The third-order valence-electron chi connectivity index (χ3n) is 4.39. The Bertz CT molecular complexity index is 1130. The maximum atomic E-state index is 12.0. The Morgan fingerprint density at radius 2 is 2.14 bits per heavy atom. The lowest BCUT2D eigenvalue weighted by molar-refractivity contribution is 0.101. The van der Waals surface area contributed by atoms with Crippen LogP contribution in [-0.4, -0.2) is 25.8 Å². The highest BCUT2D eigenvalue weighted by Crippen LogP contribution is 2.26. The number of aryl methyl sites for hydroxylation is 1. The second kappa shape index (κ2) is 7.77. The van der Waals surface area contributed by atoms with Crippen LogP contribution in [-0.2, 0) is 13.1 Å². The molecule has 0 aliphatic rings. The molecule has 0 aliphatic heterocycles. The van der Waals surface area contributed by atoms with Gasteiger partial charge in [-0.1, -0.05) is 18.2 Å². The van der Waals surface area contributed by atoms with Crippen molar-refractivity contribution in [2.24, 2.45) is 0 Å². The fourth-order valence-corrected chi connectivity index (χ4v) is 3.90. The van der Waals surface area contributed by atoms with Gasteiger partial charge in [-0.25, -0.2) is 0 Å². The van der Waals surface area contributed by atoms with Crippen LogP contribution in [0.4, 0.5) is 17.2 Å². The molecule has 0 atom stereocenters. The van der Waals surface area contributed by atoms with Gasteiger partial charge in [-0.15, -0.1) is 21.5 Å². The van der Waals surface area contributed by atoms with Gasteiger partial charge in [0.1, 0.15) is 0 Å². The van der Waals surface area contributed by atoms with E-state index in [0.717, 1.165) is 12.2 Å². The van der Waals surface area contributed by atoms with E-state index in [1.165, 1.54) is 22.6 Å². The average molecular weight is 392 g/mol. The Morgan fingerprint density at radius 1 is 1.25 bits per heavy atom. The first-order valence-corrected chi connectivity index (χ1v) is 9.89. The molecule has 0 saturated heterocycles. The average Bonchev–Trinajstić information content (AvgIpc) is 3.35. The molecule has 7 nitrogen and oxygen atoms in total. The van der Waals surface area contributed by atoms with Crippen LogP contribution in [0.2, 0.25) is 0 Å². The van der Waals surface area contributed by atoms with E-state index in [4.69, 9.17) is 0 Å². The zero-order valence-electron chi connectivity index (χ0n) is 15.6. The normalized spacial score (nSPS) is 10.9. The van der Waals surface area contributed by atoms with Gasteiger partial charge in [-0.3, -0.25) is 9.48 Å². The highest BCUT2D eigenvalue weighted by atomic mass is 32.1. The SMILES string of the molecule is CCn1cc(Nc2cc(NCc3cccc4ccsc34)c(C(C)=O)nn2)cn1. The second-order valence-corrected chi connectivity index (χ2v) is 7.28. The van der Waals surface area contributed by atoms with Crippen molar-refractivity contribution in [3.05, 3.63) is 59.4 Å². The first kappa shape index (κ1) is 18.1. The predicted octanol–water partition coefficient (Wildman–Crippen LogP) is 4.47. The van der Waals surface area contributed by atoms with Gasteiger partial charge in [0.2, 0.25) is 0 Å². The van der Waals surface area contributed by atoms with Crippen LogP contribution >= 0.6 is 11.3 Å². The van der Waals surface area contributed by atoms with Crippen molar-refractivity contribution in [1.82, 2.24) is 20.0 Å². The Balaban J connectivity index is 1.58. The van der Waals surface area contributed by atoms with Gasteiger partial charge in [0.15, 0.2) is 17.3 Å². The summed E-state index contributed by atoms with van der Waals surface area (Å²) >= 11 is 1.71. The lowest BCUT2D eigenvalue weighted by Crippen LogP contribution is -2.09. The number of benzene rings is 1. The van der Waals surface area contributed by atoms with Gasteiger partial charge < -0.3 is 10.6 Å². The fourth-order valence-electron chi connectivity index (χ4n) is 2.98. The number of aromatic nitrogens is 4. The largest absolute Gasteiger partial charge is 0.379 e. The molecule has 0 amide bonds. The monoisotopic (exact) mass is 392 g/mol. The van der Waals surface area contributed by atoms with Crippen LogP contribution in [0.25, 0.3) is 10.1 Å². The lowest BCUT2D eigenvalue weighted by Gasteiger charge is -2.12. The summed E-state index contributed by atoms with van der Waals surface area (Å²) < 4.78 is 3.06. The Kier molecular flexibility index (Phi) is 5.03. The summed E-state index contributed by atoms with van der Waals surface area (Å²) in [6.07, 6.45) is 3.62. The molecular weight excluding hydrogens is 372 g/mol. The van der Waals surface area contributed by atoms with Crippen molar-refractivity contribution >= 4 is 44.4 Å². The molecule has 2 N–H and O–H groups in total. The first-order chi connectivity index (χ1) is 13.6.